The van der Waals surface area contributed by atoms with E-state index in [-0.39, 0.29) is 5.82 Å². The summed E-state index contributed by atoms with van der Waals surface area (Å²) in [4.78, 5) is 9.00. The molecule has 1 saturated carbocycles. The first-order valence-corrected chi connectivity index (χ1v) is 7.52. The quantitative estimate of drug-likeness (QED) is 0.734. The van der Waals surface area contributed by atoms with Crippen LogP contribution in [0, 0.1) is 5.82 Å². The van der Waals surface area contributed by atoms with E-state index < -0.39 is 0 Å². The second kappa shape index (κ2) is 5.87. The van der Waals surface area contributed by atoms with Gasteiger partial charge in [-0.05, 0) is 36.7 Å². The van der Waals surface area contributed by atoms with E-state index in [1.165, 1.54) is 23.9 Å². The van der Waals surface area contributed by atoms with E-state index in [4.69, 9.17) is 11.5 Å². The maximum atomic E-state index is 14.0. The number of rotatable bonds is 5. The van der Waals surface area contributed by atoms with Gasteiger partial charge in [-0.1, -0.05) is 6.07 Å². The largest absolute Gasteiger partial charge is 0.383 e. The Morgan fingerprint density at radius 1 is 1.24 bits per heavy atom. The van der Waals surface area contributed by atoms with E-state index in [9.17, 15) is 4.39 Å². The van der Waals surface area contributed by atoms with Gasteiger partial charge in [0.25, 0.3) is 0 Å². The third-order valence-electron chi connectivity index (χ3n) is 3.17. The van der Waals surface area contributed by atoms with Crippen molar-refractivity contribution in [2.75, 3.05) is 11.5 Å². The molecule has 2 aromatic rings. The zero-order chi connectivity index (χ0) is 14.8. The van der Waals surface area contributed by atoms with Crippen molar-refractivity contribution in [1.29, 1.82) is 0 Å². The summed E-state index contributed by atoms with van der Waals surface area (Å²) in [6.45, 7) is 0.497. The van der Waals surface area contributed by atoms with Gasteiger partial charge in [0.1, 0.15) is 17.5 Å². The minimum Gasteiger partial charge on any atom is -0.383 e. The minimum absolute atomic E-state index is 0.231. The highest BCUT2D eigenvalue weighted by molar-refractivity contribution is 7.99. The highest BCUT2D eigenvalue weighted by atomic mass is 32.2. The Labute approximate surface area is 126 Å². The van der Waals surface area contributed by atoms with Crippen LogP contribution in [0.4, 0.5) is 16.0 Å². The SMILES string of the molecule is Nc1cc(N)nc(Sc2cccc(F)c2CNC2CC2)n1. The number of halogens is 1. The lowest BCUT2D eigenvalue weighted by Crippen LogP contribution is -2.17. The molecule has 0 spiro atoms. The molecule has 0 aliphatic heterocycles. The van der Waals surface area contributed by atoms with Crippen LogP contribution in [-0.4, -0.2) is 16.0 Å². The van der Waals surface area contributed by atoms with Crippen LogP contribution in [0.25, 0.3) is 0 Å². The summed E-state index contributed by atoms with van der Waals surface area (Å²) in [7, 11) is 0. The Bertz CT molecular complexity index is 640. The van der Waals surface area contributed by atoms with Gasteiger partial charge < -0.3 is 16.8 Å². The monoisotopic (exact) mass is 305 g/mol. The molecule has 110 valence electrons. The molecule has 0 radical (unpaired) electrons. The molecule has 3 rings (SSSR count). The molecular weight excluding hydrogens is 289 g/mol. The van der Waals surface area contributed by atoms with Crippen molar-refractivity contribution in [3.63, 3.8) is 0 Å². The molecule has 0 bridgehead atoms. The Morgan fingerprint density at radius 3 is 2.62 bits per heavy atom. The molecule has 5 nitrogen and oxygen atoms in total. The van der Waals surface area contributed by atoms with Crippen molar-refractivity contribution < 1.29 is 4.39 Å². The zero-order valence-corrected chi connectivity index (χ0v) is 12.2. The standard InChI is InChI=1S/C14H16FN5S/c15-10-2-1-3-11(9(10)7-18-8-4-5-8)21-14-19-12(16)6-13(17)20-14/h1-3,6,8,18H,4-5,7H2,(H4,16,17,19,20). The van der Waals surface area contributed by atoms with Gasteiger partial charge in [-0.25, -0.2) is 14.4 Å². The Morgan fingerprint density at radius 2 is 1.95 bits per heavy atom. The first-order valence-electron chi connectivity index (χ1n) is 6.70. The number of nitrogen functional groups attached to an aromatic ring is 2. The second-order valence-electron chi connectivity index (χ2n) is 4.97. The summed E-state index contributed by atoms with van der Waals surface area (Å²) in [6, 6.07) is 6.99. The zero-order valence-electron chi connectivity index (χ0n) is 11.3. The number of benzene rings is 1. The van der Waals surface area contributed by atoms with Gasteiger partial charge in [-0.15, -0.1) is 0 Å². The average Bonchev–Trinajstić information content (AvgIpc) is 3.21. The molecule has 1 fully saturated rings. The second-order valence-corrected chi connectivity index (χ2v) is 5.98. The summed E-state index contributed by atoms with van der Waals surface area (Å²) in [5.74, 6) is 0.378. The number of nitrogens with two attached hydrogens (primary N) is 2. The lowest BCUT2D eigenvalue weighted by Gasteiger charge is -2.10. The summed E-state index contributed by atoms with van der Waals surface area (Å²) in [5, 5.41) is 3.74. The van der Waals surface area contributed by atoms with E-state index in [0.29, 0.717) is 34.9 Å². The van der Waals surface area contributed by atoms with Crippen molar-refractivity contribution in [2.45, 2.75) is 35.5 Å². The highest BCUT2D eigenvalue weighted by Crippen LogP contribution is 2.31. The Balaban J connectivity index is 1.84. The molecule has 0 amide bonds. The molecule has 5 N–H and O–H groups in total. The molecule has 1 aromatic carbocycles. The summed E-state index contributed by atoms with van der Waals surface area (Å²) < 4.78 is 14.0. The van der Waals surface area contributed by atoms with Crippen molar-refractivity contribution in [1.82, 2.24) is 15.3 Å². The van der Waals surface area contributed by atoms with Gasteiger partial charge in [-0.3, -0.25) is 0 Å². The average molecular weight is 305 g/mol. The predicted molar refractivity (Wildman–Crippen MR) is 81.2 cm³/mol. The van der Waals surface area contributed by atoms with Crippen LogP contribution in [0.2, 0.25) is 0 Å². The Kier molecular flexibility index (Phi) is 3.94. The van der Waals surface area contributed by atoms with Crippen LogP contribution < -0.4 is 16.8 Å². The van der Waals surface area contributed by atoms with Crippen LogP contribution in [0.3, 0.4) is 0 Å². The number of nitrogens with one attached hydrogen (secondary N) is 1. The van der Waals surface area contributed by atoms with E-state index in [2.05, 4.69) is 15.3 Å². The molecule has 7 heteroatoms. The maximum Gasteiger partial charge on any atom is 0.196 e. The first kappa shape index (κ1) is 14.1. The molecule has 1 aromatic heterocycles. The van der Waals surface area contributed by atoms with Crippen LogP contribution in [0.15, 0.2) is 34.3 Å². The topological polar surface area (TPSA) is 89.9 Å². The van der Waals surface area contributed by atoms with E-state index in [1.807, 2.05) is 6.07 Å². The lowest BCUT2D eigenvalue weighted by atomic mass is 10.2. The third kappa shape index (κ3) is 3.62. The first-order chi connectivity index (χ1) is 10.1. The van der Waals surface area contributed by atoms with Gasteiger partial charge in [-0.2, -0.15) is 0 Å². The minimum atomic E-state index is -0.231. The Hall–Kier alpha value is -1.86. The summed E-state index contributed by atoms with van der Waals surface area (Å²) in [5.41, 5.74) is 11.9. The van der Waals surface area contributed by atoms with E-state index in [0.717, 1.165) is 17.7 Å². The molecule has 1 aliphatic carbocycles. The predicted octanol–water partition coefficient (Wildman–Crippen LogP) is 2.18. The highest BCUT2D eigenvalue weighted by Gasteiger charge is 2.21. The summed E-state index contributed by atoms with van der Waals surface area (Å²) in [6.07, 6.45) is 2.32. The van der Waals surface area contributed by atoms with Gasteiger partial charge in [0.05, 0.1) is 0 Å². The third-order valence-corrected chi connectivity index (χ3v) is 4.13. The van der Waals surface area contributed by atoms with Gasteiger partial charge in [0.2, 0.25) is 0 Å². The van der Waals surface area contributed by atoms with E-state index in [1.54, 1.807) is 6.07 Å². The van der Waals surface area contributed by atoms with Crippen molar-refractivity contribution >= 4 is 23.4 Å². The fourth-order valence-corrected chi connectivity index (χ4v) is 2.88. The lowest BCUT2D eigenvalue weighted by molar-refractivity contribution is 0.579. The van der Waals surface area contributed by atoms with Crippen LogP contribution >= 0.6 is 11.8 Å². The van der Waals surface area contributed by atoms with Gasteiger partial charge >= 0.3 is 0 Å². The molecule has 21 heavy (non-hydrogen) atoms. The van der Waals surface area contributed by atoms with Crippen molar-refractivity contribution in [3.05, 3.63) is 35.6 Å². The van der Waals surface area contributed by atoms with Crippen LogP contribution in [0.5, 0.6) is 0 Å². The molecule has 1 aliphatic rings. The number of aromatic nitrogens is 2. The molecule has 0 saturated heterocycles. The number of hydrogen-bond donors (Lipinski definition) is 3. The molecule has 0 unspecified atom stereocenters. The summed E-state index contributed by atoms with van der Waals surface area (Å²) >= 11 is 1.27. The smallest absolute Gasteiger partial charge is 0.196 e. The van der Waals surface area contributed by atoms with E-state index >= 15 is 0 Å². The molecule has 0 atom stereocenters. The number of hydrogen-bond acceptors (Lipinski definition) is 6. The molecule has 1 heterocycles. The van der Waals surface area contributed by atoms with Crippen LogP contribution in [-0.2, 0) is 6.54 Å². The van der Waals surface area contributed by atoms with Crippen LogP contribution in [0.1, 0.15) is 18.4 Å². The fraction of sp³-hybridized carbons (Fsp3) is 0.286. The fourth-order valence-electron chi connectivity index (χ4n) is 1.95. The van der Waals surface area contributed by atoms with Gasteiger partial charge in [0.15, 0.2) is 5.16 Å². The number of anilines is 2. The van der Waals surface area contributed by atoms with Crippen molar-refractivity contribution in [3.8, 4) is 0 Å². The maximum absolute atomic E-state index is 14.0. The number of nitrogens with zero attached hydrogens (tertiary/aromatic N) is 2. The van der Waals surface area contributed by atoms with Gasteiger partial charge in [0, 0.05) is 29.1 Å². The van der Waals surface area contributed by atoms with Crippen molar-refractivity contribution in [2.24, 2.45) is 0 Å². The molecular formula is C14H16FN5S. The normalized spacial score (nSPS) is 14.3.